The van der Waals surface area contributed by atoms with E-state index in [1.54, 1.807) is 29.1 Å². The summed E-state index contributed by atoms with van der Waals surface area (Å²) in [5, 5.41) is 6.96. The third-order valence-electron chi connectivity index (χ3n) is 3.70. The van der Waals surface area contributed by atoms with Crippen molar-refractivity contribution in [2.75, 3.05) is 6.54 Å². The van der Waals surface area contributed by atoms with Crippen molar-refractivity contribution in [1.82, 2.24) is 19.8 Å². The van der Waals surface area contributed by atoms with E-state index in [9.17, 15) is 13.2 Å². The zero-order valence-electron chi connectivity index (χ0n) is 13.7. The second-order valence-electron chi connectivity index (χ2n) is 5.78. The molecule has 25 heavy (non-hydrogen) atoms. The highest BCUT2D eigenvalue weighted by molar-refractivity contribution is 7.90. The van der Waals surface area contributed by atoms with Gasteiger partial charge in [0.1, 0.15) is 5.84 Å². The van der Waals surface area contributed by atoms with Gasteiger partial charge in [-0.25, -0.2) is 8.42 Å². The number of fused-ring (bicyclic) bond motifs is 1. The first kappa shape index (κ1) is 17.2. The van der Waals surface area contributed by atoms with E-state index < -0.39 is 10.0 Å². The molecular weight excluding hydrogens is 342 g/mol. The van der Waals surface area contributed by atoms with Crippen molar-refractivity contribution in [3.63, 3.8) is 0 Å². The lowest BCUT2D eigenvalue weighted by atomic mass is 10.2. The minimum atomic E-state index is -3.54. The number of nitrogens with one attached hydrogen (secondary N) is 2. The van der Waals surface area contributed by atoms with E-state index in [-0.39, 0.29) is 35.6 Å². The van der Waals surface area contributed by atoms with Crippen LogP contribution in [0.1, 0.15) is 18.9 Å². The van der Waals surface area contributed by atoms with Crippen molar-refractivity contribution >= 4 is 21.8 Å². The molecule has 3 rings (SSSR count). The van der Waals surface area contributed by atoms with Gasteiger partial charge in [-0.2, -0.15) is 5.10 Å². The van der Waals surface area contributed by atoms with E-state index in [0.717, 1.165) is 0 Å². The number of aromatic nitrogens is 2. The third-order valence-corrected chi connectivity index (χ3v) is 5.10. The molecule has 0 spiro atoms. The summed E-state index contributed by atoms with van der Waals surface area (Å²) in [5.41, 5.74) is 0.537. The summed E-state index contributed by atoms with van der Waals surface area (Å²) in [4.78, 5) is 16.4. The van der Waals surface area contributed by atoms with Crippen LogP contribution in [0.2, 0.25) is 0 Å². The van der Waals surface area contributed by atoms with Gasteiger partial charge < -0.3 is 5.32 Å². The van der Waals surface area contributed by atoms with Gasteiger partial charge in [-0.15, -0.1) is 0 Å². The second kappa shape index (κ2) is 7.06. The quantitative estimate of drug-likeness (QED) is 0.782. The van der Waals surface area contributed by atoms with E-state index in [4.69, 9.17) is 0 Å². The maximum atomic E-state index is 12.0. The third kappa shape index (κ3) is 4.05. The van der Waals surface area contributed by atoms with Crippen LogP contribution < -0.4 is 10.0 Å². The van der Waals surface area contributed by atoms with Crippen molar-refractivity contribution in [1.29, 1.82) is 0 Å². The Morgan fingerprint density at radius 3 is 2.92 bits per heavy atom. The summed E-state index contributed by atoms with van der Waals surface area (Å²) < 4.78 is 28.1. The number of carbonyl (C=O) groups excluding carboxylic acids is 1. The van der Waals surface area contributed by atoms with Crippen molar-refractivity contribution < 1.29 is 13.2 Å². The molecule has 1 aliphatic rings. The lowest BCUT2D eigenvalue weighted by molar-refractivity contribution is -0.121. The predicted molar refractivity (Wildman–Crippen MR) is 92.6 cm³/mol. The van der Waals surface area contributed by atoms with Gasteiger partial charge >= 0.3 is 0 Å². The smallest absolute Gasteiger partial charge is 0.263 e. The van der Waals surface area contributed by atoms with Crippen molar-refractivity contribution in [3.8, 4) is 0 Å². The van der Waals surface area contributed by atoms with Crippen LogP contribution in [0, 0.1) is 0 Å². The molecule has 0 bridgehead atoms. The zero-order valence-corrected chi connectivity index (χ0v) is 14.5. The van der Waals surface area contributed by atoms with Crippen LogP contribution >= 0.6 is 0 Å². The molecule has 2 N–H and O–H groups in total. The summed E-state index contributed by atoms with van der Waals surface area (Å²) in [6.45, 7) is 2.68. The molecule has 2 heterocycles. The standard InChI is InChI=1S/C16H19N5O3S/c1-12(11-21-10-4-8-18-21)19-15(22)7-9-17-16-13-5-2-3-6-14(13)25(23,24)20-16/h2-6,8,10,12H,7,9,11H2,1H3,(H,17,20)(H,19,22)/t12-/m0/s1. The number of carbonyl (C=O) groups is 1. The minimum absolute atomic E-state index is 0.0641. The molecule has 0 saturated carbocycles. The molecule has 0 saturated heterocycles. The highest BCUT2D eigenvalue weighted by Gasteiger charge is 2.29. The fourth-order valence-corrected chi connectivity index (χ4v) is 3.85. The molecule has 1 amide bonds. The number of aliphatic imine (C=N–C) groups is 1. The molecule has 1 atom stereocenters. The summed E-state index contributed by atoms with van der Waals surface area (Å²) in [6.07, 6.45) is 3.69. The van der Waals surface area contributed by atoms with Crippen molar-refractivity contribution in [2.24, 2.45) is 4.99 Å². The van der Waals surface area contributed by atoms with Crippen LogP contribution in [0.3, 0.4) is 0 Å². The Labute approximate surface area is 146 Å². The van der Waals surface area contributed by atoms with Gasteiger partial charge in [0.2, 0.25) is 5.91 Å². The van der Waals surface area contributed by atoms with Gasteiger partial charge in [-0.05, 0) is 25.1 Å². The Bertz CT molecular complexity index is 890. The second-order valence-corrected chi connectivity index (χ2v) is 7.43. The minimum Gasteiger partial charge on any atom is -0.352 e. The van der Waals surface area contributed by atoms with Gasteiger partial charge in [0.25, 0.3) is 10.0 Å². The van der Waals surface area contributed by atoms with Crippen molar-refractivity contribution in [2.45, 2.75) is 30.8 Å². The Hall–Kier alpha value is -2.68. The zero-order chi connectivity index (χ0) is 17.9. The van der Waals surface area contributed by atoms with Crippen LogP contribution in [0.5, 0.6) is 0 Å². The Morgan fingerprint density at radius 1 is 1.36 bits per heavy atom. The highest BCUT2D eigenvalue weighted by Crippen LogP contribution is 2.22. The topological polar surface area (TPSA) is 105 Å². The molecule has 0 fully saturated rings. The van der Waals surface area contributed by atoms with E-state index in [1.165, 1.54) is 6.07 Å². The van der Waals surface area contributed by atoms with Crippen LogP contribution in [-0.2, 0) is 21.4 Å². The maximum absolute atomic E-state index is 12.0. The Kier molecular flexibility index (Phi) is 4.84. The van der Waals surface area contributed by atoms with E-state index >= 15 is 0 Å². The number of rotatable bonds is 6. The van der Waals surface area contributed by atoms with Gasteiger partial charge in [0.05, 0.1) is 18.0 Å². The monoisotopic (exact) mass is 361 g/mol. The number of amidine groups is 1. The number of sulfonamides is 1. The largest absolute Gasteiger partial charge is 0.352 e. The Morgan fingerprint density at radius 2 is 2.16 bits per heavy atom. The fraction of sp³-hybridized carbons (Fsp3) is 0.312. The number of amides is 1. The molecule has 1 aliphatic heterocycles. The summed E-state index contributed by atoms with van der Waals surface area (Å²) in [6, 6.07) is 8.40. The molecule has 2 aromatic rings. The molecule has 132 valence electrons. The number of benzene rings is 1. The first-order valence-corrected chi connectivity index (χ1v) is 9.37. The average molecular weight is 361 g/mol. The average Bonchev–Trinajstić information content (AvgIpc) is 3.14. The van der Waals surface area contributed by atoms with E-state index in [0.29, 0.717) is 12.1 Å². The summed E-state index contributed by atoms with van der Waals surface area (Å²) in [5.74, 6) is 0.145. The van der Waals surface area contributed by atoms with Crippen LogP contribution in [0.25, 0.3) is 0 Å². The molecule has 0 unspecified atom stereocenters. The molecule has 0 radical (unpaired) electrons. The molecule has 1 aromatic carbocycles. The van der Waals surface area contributed by atoms with Crippen molar-refractivity contribution in [3.05, 3.63) is 48.3 Å². The first-order chi connectivity index (χ1) is 12.0. The van der Waals surface area contributed by atoms with Crippen LogP contribution in [0.15, 0.2) is 52.6 Å². The van der Waals surface area contributed by atoms with E-state index in [2.05, 4.69) is 20.1 Å². The first-order valence-electron chi connectivity index (χ1n) is 7.89. The van der Waals surface area contributed by atoms with Crippen LogP contribution in [-0.4, -0.2) is 42.5 Å². The van der Waals surface area contributed by atoms with E-state index in [1.807, 2.05) is 19.2 Å². The maximum Gasteiger partial charge on any atom is 0.263 e. The number of hydrogen-bond donors (Lipinski definition) is 2. The van der Waals surface area contributed by atoms with Gasteiger partial charge in [-0.3, -0.25) is 19.2 Å². The van der Waals surface area contributed by atoms with Gasteiger partial charge in [-0.1, -0.05) is 12.1 Å². The van der Waals surface area contributed by atoms with Gasteiger partial charge in [0.15, 0.2) is 0 Å². The fourth-order valence-electron chi connectivity index (χ4n) is 2.60. The predicted octanol–water partition coefficient (Wildman–Crippen LogP) is 0.517. The molecular formula is C16H19N5O3S. The summed E-state index contributed by atoms with van der Waals surface area (Å²) >= 11 is 0. The molecule has 9 heteroatoms. The number of nitrogens with zero attached hydrogens (tertiary/aromatic N) is 3. The lowest BCUT2D eigenvalue weighted by Crippen LogP contribution is -2.36. The van der Waals surface area contributed by atoms with Crippen LogP contribution in [0.4, 0.5) is 0 Å². The number of hydrogen-bond acceptors (Lipinski definition) is 5. The molecule has 8 nitrogen and oxygen atoms in total. The molecule has 1 aromatic heterocycles. The SMILES string of the molecule is C[C@@H](Cn1cccn1)NC(=O)CCN=C1NS(=O)(=O)c2ccccc21. The normalized spacial score (nSPS) is 17.7. The molecule has 0 aliphatic carbocycles. The van der Waals surface area contributed by atoms with Gasteiger partial charge in [0, 0.05) is 30.4 Å². The lowest BCUT2D eigenvalue weighted by Gasteiger charge is -2.13. The highest BCUT2D eigenvalue weighted by atomic mass is 32.2. The Balaban J connectivity index is 1.54. The summed E-state index contributed by atoms with van der Waals surface area (Å²) in [7, 11) is -3.54.